The molecule has 5 aromatic rings. The van der Waals surface area contributed by atoms with Crippen LogP contribution in [-0.2, 0) is 30.7 Å². The lowest BCUT2D eigenvalue weighted by Gasteiger charge is -2.41. The van der Waals surface area contributed by atoms with E-state index in [0.717, 1.165) is 55.8 Å². The fourth-order valence-electron chi connectivity index (χ4n) is 8.30. The van der Waals surface area contributed by atoms with Gasteiger partial charge in [-0.05, 0) is 79.3 Å². The lowest BCUT2D eigenvalue weighted by Crippen LogP contribution is -2.52. The van der Waals surface area contributed by atoms with E-state index in [-0.39, 0.29) is 23.6 Å². The molecular formula is C42H42N6O6. The van der Waals surface area contributed by atoms with Gasteiger partial charge in [0.05, 0.1) is 42.4 Å². The van der Waals surface area contributed by atoms with Crippen molar-refractivity contribution in [3.63, 3.8) is 0 Å². The van der Waals surface area contributed by atoms with E-state index in [9.17, 15) is 9.90 Å². The first kappa shape index (κ1) is 34.1. The molecule has 276 valence electrons. The molecule has 1 N–H and O–H groups in total. The third-order valence-electron chi connectivity index (χ3n) is 11.0. The molecule has 4 aliphatic rings. The Hall–Kier alpha value is -5.72. The Morgan fingerprint density at radius 2 is 1.56 bits per heavy atom. The fraction of sp³-hybridized carbons (Fsp3) is 0.333. The molecule has 6 heterocycles. The van der Waals surface area contributed by atoms with Gasteiger partial charge in [0.2, 0.25) is 0 Å². The van der Waals surface area contributed by atoms with Gasteiger partial charge in [0.15, 0.2) is 11.5 Å². The van der Waals surface area contributed by atoms with E-state index in [1.54, 1.807) is 41.6 Å². The number of phenolic OH excluding ortho intramolecular Hbond substituents is 1. The number of carbonyl (C=O) groups is 2. The van der Waals surface area contributed by atoms with E-state index in [0.29, 0.717) is 85.5 Å². The number of ether oxygens (including phenoxy) is 3. The molecule has 9 rings (SSSR count). The third kappa shape index (κ3) is 6.45. The van der Waals surface area contributed by atoms with Crippen molar-refractivity contribution in [2.75, 3.05) is 51.0 Å². The van der Waals surface area contributed by atoms with Gasteiger partial charge < -0.3 is 28.8 Å². The van der Waals surface area contributed by atoms with Crippen LogP contribution in [0.25, 0.3) is 11.3 Å². The first-order valence-electron chi connectivity index (χ1n) is 18.7. The number of aromatic nitrogens is 3. The monoisotopic (exact) mass is 726 g/mol. The van der Waals surface area contributed by atoms with Crippen molar-refractivity contribution in [1.82, 2.24) is 24.3 Å². The summed E-state index contributed by atoms with van der Waals surface area (Å²) in [5.74, 6) is 0.879. The number of morpholine rings is 1. The maximum atomic E-state index is 15.2. The molecule has 54 heavy (non-hydrogen) atoms. The molecule has 0 aliphatic carbocycles. The van der Waals surface area contributed by atoms with Crippen LogP contribution in [0.1, 0.15) is 50.4 Å². The van der Waals surface area contributed by atoms with Gasteiger partial charge in [-0.1, -0.05) is 24.3 Å². The number of aromatic hydroxyl groups is 1. The molecule has 0 radical (unpaired) electrons. The Morgan fingerprint density at radius 3 is 2.33 bits per heavy atom. The Bertz CT molecular complexity index is 2180. The molecule has 0 saturated carbocycles. The van der Waals surface area contributed by atoms with Gasteiger partial charge in [-0.2, -0.15) is 0 Å². The zero-order valence-corrected chi connectivity index (χ0v) is 30.0. The Morgan fingerprint density at radius 1 is 0.815 bits per heavy atom. The fourth-order valence-corrected chi connectivity index (χ4v) is 8.30. The Balaban J connectivity index is 1.16. The van der Waals surface area contributed by atoms with Gasteiger partial charge in [-0.25, -0.2) is 9.97 Å². The number of fused-ring (bicyclic) bond motifs is 3. The van der Waals surface area contributed by atoms with Crippen LogP contribution < -0.4 is 14.4 Å². The molecule has 0 unspecified atom stereocenters. The van der Waals surface area contributed by atoms with Crippen LogP contribution in [0.4, 0.5) is 11.4 Å². The molecule has 2 amide bonds. The van der Waals surface area contributed by atoms with E-state index < -0.39 is 0 Å². The van der Waals surface area contributed by atoms with Crippen LogP contribution in [0.15, 0.2) is 85.5 Å². The first-order chi connectivity index (χ1) is 26.5. The summed E-state index contributed by atoms with van der Waals surface area (Å²) in [4.78, 5) is 44.5. The van der Waals surface area contributed by atoms with Gasteiger partial charge in [0, 0.05) is 61.4 Å². The zero-order chi connectivity index (χ0) is 36.6. The van der Waals surface area contributed by atoms with Gasteiger partial charge in [0.1, 0.15) is 25.3 Å². The summed E-state index contributed by atoms with van der Waals surface area (Å²) < 4.78 is 20.0. The predicted octanol–water partition coefficient (Wildman–Crippen LogP) is 5.64. The van der Waals surface area contributed by atoms with Crippen molar-refractivity contribution >= 4 is 23.2 Å². The minimum absolute atomic E-state index is 0.0446. The van der Waals surface area contributed by atoms with Crippen LogP contribution in [0.5, 0.6) is 17.2 Å². The molecular weight excluding hydrogens is 684 g/mol. The maximum Gasteiger partial charge on any atom is 0.264 e. The van der Waals surface area contributed by atoms with Crippen molar-refractivity contribution in [2.45, 2.75) is 44.8 Å². The Labute approximate surface area is 313 Å². The number of hydrogen-bond acceptors (Lipinski definition) is 9. The zero-order valence-electron chi connectivity index (χ0n) is 30.0. The van der Waals surface area contributed by atoms with Crippen molar-refractivity contribution in [1.29, 1.82) is 0 Å². The van der Waals surface area contributed by atoms with Crippen LogP contribution >= 0.6 is 0 Å². The molecule has 12 heteroatoms. The van der Waals surface area contributed by atoms with E-state index in [1.807, 2.05) is 29.2 Å². The average Bonchev–Trinajstić information content (AvgIpc) is 3.61. The lowest BCUT2D eigenvalue weighted by molar-refractivity contribution is 0.0193. The molecule has 1 saturated heterocycles. The standard InChI is InChI=1S/C42H42N6O6/c49-33-10-8-30(9-11-33)48(32-23-43-27-44-24-32)42(51)36-20-38(46-12-4-3-7-37(36)46)34-21-39-40(54-18-17-53-39)22-35(34)41(50)47-25-29-6-2-1-5-28(29)19-31(47)26-45-13-15-52-16-14-45/h1-2,5-6,8-11,20-24,27,31,49H,3-4,7,12-19,25-26H2/t31-/m0/s1. The second kappa shape index (κ2) is 14.6. The van der Waals surface area contributed by atoms with Crippen LogP contribution in [0.2, 0.25) is 0 Å². The first-order valence-corrected chi connectivity index (χ1v) is 18.7. The van der Waals surface area contributed by atoms with E-state index in [1.165, 1.54) is 11.9 Å². The van der Waals surface area contributed by atoms with Gasteiger partial charge in [-0.15, -0.1) is 0 Å². The maximum absolute atomic E-state index is 15.2. The number of nitrogens with zero attached hydrogens (tertiary/aromatic N) is 6. The highest BCUT2D eigenvalue weighted by Gasteiger charge is 2.36. The quantitative estimate of drug-likeness (QED) is 0.227. The smallest absolute Gasteiger partial charge is 0.264 e. The minimum Gasteiger partial charge on any atom is -0.508 e. The van der Waals surface area contributed by atoms with Crippen molar-refractivity contribution < 1.29 is 28.9 Å². The molecule has 0 bridgehead atoms. The van der Waals surface area contributed by atoms with Crippen molar-refractivity contribution in [2.24, 2.45) is 0 Å². The second-order valence-electron chi connectivity index (χ2n) is 14.3. The molecule has 3 aromatic carbocycles. The normalized spacial score (nSPS) is 18.1. The highest BCUT2D eigenvalue weighted by atomic mass is 16.6. The number of amides is 2. The van der Waals surface area contributed by atoms with E-state index >= 15 is 4.79 Å². The summed E-state index contributed by atoms with van der Waals surface area (Å²) in [6.45, 7) is 5.78. The molecule has 0 spiro atoms. The summed E-state index contributed by atoms with van der Waals surface area (Å²) >= 11 is 0. The summed E-state index contributed by atoms with van der Waals surface area (Å²) in [5, 5.41) is 10.1. The topological polar surface area (TPSA) is 122 Å². The Kier molecular flexibility index (Phi) is 9.21. The minimum atomic E-state index is -0.254. The number of anilines is 2. The molecule has 1 fully saturated rings. The average molecular weight is 727 g/mol. The summed E-state index contributed by atoms with van der Waals surface area (Å²) in [5.41, 5.74) is 6.93. The largest absolute Gasteiger partial charge is 0.508 e. The molecule has 4 aliphatic heterocycles. The predicted molar refractivity (Wildman–Crippen MR) is 201 cm³/mol. The van der Waals surface area contributed by atoms with Crippen molar-refractivity contribution in [3.05, 3.63) is 113 Å². The summed E-state index contributed by atoms with van der Waals surface area (Å²) in [6.07, 6.45) is 7.96. The highest BCUT2D eigenvalue weighted by molar-refractivity contribution is 6.12. The number of rotatable bonds is 7. The van der Waals surface area contributed by atoms with Gasteiger partial charge in [-0.3, -0.25) is 19.4 Å². The summed E-state index contributed by atoms with van der Waals surface area (Å²) in [6, 6.07) is 20.6. The van der Waals surface area contributed by atoms with E-state index in [2.05, 4.69) is 37.6 Å². The van der Waals surface area contributed by atoms with Gasteiger partial charge >= 0.3 is 0 Å². The van der Waals surface area contributed by atoms with E-state index in [4.69, 9.17) is 14.2 Å². The lowest BCUT2D eigenvalue weighted by atomic mass is 9.92. The number of hydrogen-bond donors (Lipinski definition) is 1. The summed E-state index contributed by atoms with van der Waals surface area (Å²) in [7, 11) is 0. The number of carbonyl (C=O) groups excluding carboxylic acids is 2. The number of phenols is 1. The SMILES string of the molecule is O=C(c1cc(-c2cc3c(cc2C(=O)N2Cc4ccccc4C[C@H]2CN2CCOCC2)OCCO3)n2c1CCCC2)N(c1ccc(O)cc1)c1cncnc1. The number of benzene rings is 3. The van der Waals surface area contributed by atoms with Crippen molar-refractivity contribution in [3.8, 4) is 28.5 Å². The van der Waals surface area contributed by atoms with Gasteiger partial charge in [0.25, 0.3) is 11.8 Å². The highest BCUT2D eigenvalue weighted by Crippen LogP contribution is 2.42. The van der Waals surface area contributed by atoms with Crippen LogP contribution in [0.3, 0.4) is 0 Å². The third-order valence-corrected chi connectivity index (χ3v) is 11.0. The second-order valence-corrected chi connectivity index (χ2v) is 14.3. The molecule has 1 atom stereocenters. The molecule has 12 nitrogen and oxygen atoms in total. The van der Waals surface area contributed by atoms with Crippen LogP contribution in [0, 0.1) is 0 Å². The van der Waals surface area contributed by atoms with Crippen LogP contribution in [-0.4, -0.2) is 93.4 Å². The molecule has 2 aromatic heterocycles.